The largest absolute Gasteiger partial charge is 0.459 e. The number of fused-ring (bicyclic) bond motifs is 1. The van der Waals surface area contributed by atoms with Crippen LogP contribution in [-0.4, -0.2) is 76.4 Å². The minimum Gasteiger partial charge on any atom is -0.459 e. The Morgan fingerprint density at radius 3 is 2.15 bits per heavy atom. The van der Waals surface area contributed by atoms with Crippen LogP contribution in [0.4, 0.5) is 11.5 Å². The molecule has 0 aliphatic carbocycles. The lowest BCUT2D eigenvalue weighted by Crippen LogP contribution is -2.39. The van der Waals surface area contributed by atoms with Crippen molar-refractivity contribution in [3.05, 3.63) is 94.1 Å². The van der Waals surface area contributed by atoms with Gasteiger partial charge in [0.25, 0.3) is 10.0 Å². The summed E-state index contributed by atoms with van der Waals surface area (Å²) in [6, 6.07) is 18.1. The highest BCUT2D eigenvalue weighted by Gasteiger charge is 2.31. The number of sulfonamides is 1. The molecule has 1 heterocycles. The van der Waals surface area contributed by atoms with Gasteiger partial charge in [0.1, 0.15) is 18.0 Å². The minimum atomic E-state index is -4.37. The van der Waals surface area contributed by atoms with Crippen molar-refractivity contribution in [2.24, 2.45) is 0 Å². The molecule has 0 saturated heterocycles. The first kappa shape index (κ1) is 36.1. The summed E-state index contributed by atoms with van der Waals surface area (Å²) in [5.74, 6) is -0.000464. The molecule has 0 unspecified atom stereocenters. The highest BCUT2D eigenvalue weighted by Crippen LogP contribution is 2.35. The number of hydrogen-bond acceptors (Lipinski definition) is 8. The zero-order valence-corrected chi connectivity index (χ0v) is 29.8. The monoisotopic (exact) mass is 698 g/mol. The second-order valence-electron chi connectivity index (χ2n) is 12.6. The number of aromatic nitrogens is 1. The number of aryl methyl sites for hydroxylation is 1. The molecule has 0 aliphatic heterocycles. The van der Waals surface area contributed by atoms with Crippen LogP contribution < -0.4 is 9.21 Å². The maximum Gasteiger partial charge on any atom is 0.327 e. The Bertz CT molecular complexity index is 1840. The van der Waals surface area contributed by atoms with Gasteiger partial charge in [0.2, 0.25) is 0 Å². The van der Waals surface area contributed by atoms with Gasteiger partial charge in [-0.2, -0.15) is 0 Å². The maximum absolute atomic E-state index is 14.1. The van der Waals surface area contributed by atoms with Crippen molar-refractivity contribution >= 4 is 67.3 Å². The molecule has 4 aromatic rings. The van der Waals surface area contributed by atoms with Gasteiger partial charge >= 0.3 is 5.97 Å². The fourth-order valence-electron chi connectivity index (χ4n) is 5.00. The van der Waals surface area contributed by atoms with Gasteiger partial charge in [0, 0.05) is 53.7 Å². The van der Waals surface area contributed by atoms with E-state index in [0.29, 0.717) is 22.8 Å². The summed E-state index contributed by atoms with van der Waals surface area (Å²) in [4.78, 5) is 35.2. The van der Waals surface area contributed by atoms with Crippen molar-refractivity contribution < 1.29 is 22.7 Å². The van der Waals surface area contributed by atoms with E-state index >= 15 is 0 Å². The van der Waals surface area contributed by atoms with Crippen molar-refractivity contribution in [2.45, 2.75) is 44.1 Å². The molecule has 0 spiro atoms. The molecule has 9 nitrogen and oxygen atoms in total. The molecule has 3 aromatic carbocycles. The molecule has 0 fully saturated rings. The molecule has 0 N–H and O–H groups in total. The Balaban J connectivity index is 1.66. The van der Waals surface area contributed by atoms with Crippen LogP contribution in [0.15, 0.2) is 77.8 Å². The summed E-state index contributed by atoms with van der Waals surface area (Å²) in [6.45, 7) is 6.22. The first-order chi connectivity index (χ1) is 22.0. The number of benzene rings is 3. The van der Waals surface area contributed by atoms with Crippen molar-refractivity contribution in [3.63, 3.8) is 0 Å². The van der Waals surface area contributed by atoms with E-state index in [9.17, 15) is 18.0 Å². The van der Waals surface area contributed by atoms with E-state index < -0.39 is 28.1 Å². The molecule has 0 atom stereocenters. The standard InChI is InChI=1S/C35H40Cl2N4O5S/c1-35(2,3)46-34(43)23-41(47(44,45)27-20-25(36)19-26(37)21-27)31-12-8-9-28-29(31)10-7-11-30(28)32(42)15-13-24-14-16-33(38-22-24)40(6)18-17-39(4)5/h7-12,14,16,19-22H,13,15,17-18,23H2,1-6H3. The van der Waals surface area contributed by atoms with Crippen LogP contribution in [0.25, 0.3) is 10.8 Å². The lowest BCUT2D eigenvalue weighted by molar-refractivity contribution is -0.152. The molecule has 0 saturated carbocycles. The molecular formula is C35H40Cl2N4O5S. The Kier molecular flexibility index (Phi) is 11.6. The molecule has 0 bridgehead atoms. The van der Waals surface area contributed by atoms with Crippen LogP contribution in [0.1, 0.15) is 43.1 Å². The average molecular weight is 700 g/mol. The van der Waals surface area contributed by atoms with Gasteiger partial charge in [-0.3, -0.25) is 13.9 Å². The summed E-state index contributed by atoms with van der Waals surface area (Å²) in [7, 11) is 1.67. The van der Waals surface area contributed by atoms with Crippen LogP contribution in [0.3, 0.4) is 0 Å². The number of hydrogen-bond donors (Lipinski definition) is 0. The van der Waals surface area contributed by atoms with E-state index in [1.54, 1.807) is 63.4 Å². The van der Waals surface area contributed by atoms with Gasteiger partial charge in [0.15, 0.2) is 5.78 Å². The number of rotatable bonds is 13. The zero-order valence-electron chi connectivity index (χ0n) is 27.5. The number of nitrogens with zero attached hydrogens (tertiary/aromatic N) is 4. The van der Waals surface area contributed by atoms with Crippen molar-refractivity contribution in [3.8, 4) is 0 Å². The summed E-state index contributed by atoms with van der Waals surface area (Å²) >= 11 is 12.3. The van der Waals surface area contributed by atoms with Gasteiger partial charge in [-0.15, -0.1) is 0 Å². The van der Waals surface area contributed by atoms with Crippen LogP contribution in [-0.2, 0) is 26.0 Å². The second kappa shape index (κ2) is 15.0. The second-order valence-corrected chi connectivity index (χ2v) is 15.3. The van der Waals surface area contributed by atoms with Crippen LogP contribution in [0.2, 0.25) is 10.0 Å². The molecule has 250 valence electrons. The molecule has 1 aromatic heterocycles. The molecule has 4 rings (SSSR count). The number of ether oxygens (including phenoxy) is 1. The first-order valence-corrected chi connectivity index (χ1v) is 17.3. The average Bonchev–Trinajstić information content (AvgIpc) is 2.99. The summed E-state index contributed by atoms with van der Waals surface area (Å²) in [5.41, 5.74) is 0.733. The predicted molar refractivity (Wildman–Crippen MR) is 189 cm³/mol. The summed E-state index contributed by atoms with van der Waals surface area (Å²) in [5, 5.41) is 1.28. The molecular weight excluding hydrogens is 659 g/mol. The fraction of sp³-hybridized carbons (Fsp3) is 0.343. The lowest BCUT2D eigenvalue weighted by atomic mass is 9.97. The smallest absolute Gasteiger partial charge is 0.327 e. The lowest BCUT2D eigenvalue weighted by Gasteiger charge is -2.27. The Morgan fingerprint density at radius 1 is 0.872 bits per heavy atom. The molecule has 47 heavy (non-hydrogen) atoms. The van der Waals surface area contributed by atoms with E-state index in [1.165, 1.54) is 18.2 Å². The number of anilines is 2. The Morgan fingerprint density at radius 2 is 1.53 bits per heavy atom. The number of pyridine rings is 1. The van der Waals surface area contributed by atoms with Gasteiger partial charge in [0.05, 0.1) is 10.6 Å². The summed E-state index contributed by atoms with van der Waals surface area (Å²) < 4.78 is 34.7. The van der Waals surface area contributed by atoms with E-state index in [4.69, 9.17) is 27.9 Å². The van der Waals surface area contributed by atoms with Crippen molar-refractivity contribution in [1.29, 1.82) is 0 Å². The zero-order chi connectivity index (χ0) is 34.5. The number of ketones is 1. The van der Waals surface area contributed by atoms with E-state index in [-0.39, 0.29) is 32.8 Å². The number of likely N-dealkylation sites (N-methyl/N-ethyl adjacent to an activating group) is 2. The van der Waals surface area contributed by atoms with Gasteiger partial charge in [-0.05, 0) is 82.6 Å². The van der Waals surface area contributed by atoms with E-state index in [1.807, 2.05) is 33.3 Å². The van der Waals surface area contributed by atoms with Crippen LogP contribution in [0, 0.1) is 0 Å². The molecule has 0 amide bonds. The third kappa shape index (κ3) is 9.44. The third-order valence-electron chi connectivity index (χ3n) is 7.31. The number of carbonyl (C=O) groups is 2. The normalized spacial score (nSPS) is 11.9. The fourth-order valence-corrected chi connectivity index (χ4v) is 7.15. The number of Topliss-reactive ketones (excluding diaryl/α,β-unsaturated/α-hetero) is 1. The van der Waals surface area contributed by atoms with Crippen LogP contribution >= 0.6 is 23.2 Å². The van der Waals surface area contributed by atoms with E-state index in [0.717, 1.165) is 28.8 Å². The van der Waals surface area contributed by atoms with Crippen molar-refractivity contribution in [1.82, 2.24) is 9.88 Å². The van der Waals surface area contributed by atoms with Gasteiger partial charge < -0.3 is 14.5 Å². The SMILES string of the molecule is CN(C)CCN(C)c1ccc(CCC(=O)c2cccc3c(N(CC(=O)OC(C)(C)C)S(=O)(=O)c4cc(Cl)cc(Cl)c4)cccc23)cn1. The van der Waals surface area contributed by atoms with Gasteiger partial charge in [-0.1, -0.05) is 59.6 Å². The van der Waals surface area contributed by atoms with Crippen molar-refractivity contribution in [2.75, 3.05) is 50.0 Å². The predicted octanol–water partition coefficient (Wildman–Crippen LogP) is 6.89. The minimum absolute atomic E-state index is 0.108. The quantitative estimate of drug-likeness (QED) is 0.110. The number of halogens is 2. The van der Waals surface area contributed by atoms with Gasteiger partial charge in [-0.25, -0.2) is 13.4 Å². The summed E-state index contributed by atoms with van der Waals surface area (Å²) in [6.07, 6.45) is 2.50. The first-order valence-electron chi connectivity index (χ1n) is 15.1. The van der Waals surface area contributed by atoms with Crippen LogP contribution in [0.5, 0.6) is 0 Å². The Labute approximate surface area is 287 Å². The molecule has 0 radical (unpaired) electrons. The number of carbonyl (C=O) groups excluding carboxylic acids is 2. The maximum atomic E-state index is 14.1. The third-order valence-corrected chi connectivity index (χ3v) is 9.48. The van der Waals surface area contributed by atoms with E-state index in [2.05, 4.69) is 14.8 Å². The highest BCUT2D eigenvalue weighted by molar-refractivity contribution is 7.93. The molecule has 0 aliphatic rings. The number of esters is 1. The molecule has 12 heteroatoms. The Hall–Kier alpha value is -3.70. The topological polar surface area (TPSA) is 100 Å². The highest BCUT2D eigenvalue weighted by atomic mass is 35.5.